The molecule has 1 aliphatic heterocycles. The van der Waals surface area contributed by atoms with Gasteiger partial charge >= 0.3 is 153 Å². The maximum Gasteiger partial charge on any atom is 1.00 e. The van der Waals surface area contributed by atoms with Gasteiger partial charge in [-0.1, -0.05) is 0 Å². The van der Waals surface area contributed by atoms with Gasteiger partial charge in [0.15, 0.2) is 6.23 Å². The summed E-state index contributed by atoms with van der Waals surface area (Å²) in [6.07, 6.45) is -6.33. The van der Waals surface area contributed by atoms with Crippen LogP contribution in [0.3, 0.4) is 0 Å². The summed E-state index contributed by atoms with van der Waals surface area (Å²) in [5, 5.41) is 19.9. The molecule has 3 unspecified atom stereocenters. The predicted molar refractivity (Wildman–Crippen MR) is 89.1 cm³/mol. The fraction of sp³-hybridized carbons (Fsp3) is 0.556. The van der Waals surface area contributed by atoms with Crippen LogP contribution >= 0.6 is 31.3 Å². The largest absolute Gasteiger partial charge is 1.00 e. The van der Waals surface area contributed by atoms with E-state index >= 15 is 0 Å². The fourth-order valence-corrected chi connectivity index (χ4v) is 6.54. The molecule has 0 spiro atoms. The number of phosphoric ester groups is 1. The number of H-pyrrole nitrogens is 1. The minimum absolute atomic E-state index is 0. The van der Waals surface area contributed by atoms with E-state index in [1.54, 1.807) is 0 Å². The molecule has 7 atom stereocenters. The maximum absolute atomic E-state index is 11.8. The second kappa shape index (κ2) is 19.6. The van der Waals surface area contributed by atoms with Crippen LogP contribution in [0.15, 0.2) is 21.9 Å². The minimum Gasteiger partial charge on any atom is -1.00 e. The Hall–Kier alpha value is 4.12. The molecule has 2 heterocycles. The van der Waals surface area contributed by atoms with Crippen molar-refractivity contribution < 1.29 is 226 Å². The third-order valence-corrected chi connectivity index (χ3v) is 8.72. The van der Waals surface area contributed by atoms with E-state index in [0.29, 0.717) is 4.57 Å². The van der Waals surface area contributed by atoms with Crippen molar-refractivity contribution in [3.8, 4) is 0 Å². The van der Waals surface area contributed by atoms with Gasteiger partial charge in [-0.3, -0.25) is 32.4 Å². The summed E-state index contributed by atoms with van der Waals surface area (Å²) in [6.45, 7) is -1.27. The molecule has 1 aromatic heterocycles. The van der Waals surface area contributed by atoms with Gasteiger partial charge in [-0.25, -0.2) is 13.4 Å². The quantitative estimate of drug-likeness (QED) is 0.153. The normalized spacial score (nSPS) is 25.3. The van der Waals surface area contributed by atoms with Crippen LogP contribution in [-0.4, -0.2) is 44.7 Å². The molecule has 29 heteroatoms. The van der Waals surface area contributed by atoms with Crippen LogP contribution in [0.25, 0.3) is 0 Å². The van der Waals surface area contributed by atoms with Crippen LogP contribution in [0, 0.1) is 0 Å². The summed E-state index contributed by atoms with van der Waals surface area (Å²) in [5.41, 5.74) is -1.88. The fourth-order valence-electron chi connectivity index (χ4n) is 2.31. The first-order valence-electron chi connectivity index (χ1n) is 7.88. The van der Waals surface area contributed by atoms with Crippen molar-refractivity contribution in [2.75, 3.05) is 6.61 Å². The number of aromatic amines is 1. The molecule has 0 bridgehead atoms. The Kier molecular flexibility index (Phi) is 25.3. The molecule has 194 valence electrons. The third kappa shape index (κ3) is 16.4. The smallest absolute Gasteiger partial charge is 1.00 e. The molecule has 0 aliphatic carbocycles. The van der Waals surface area contributed by atoms with Gasteiger partial charge < -0.3 is 51.4 Å². The SMILES string of the molecule is O=c1ccn([C@@H]2O[C@H](COP(=O)([O-])OP(=O)([O-])OP(=O)([O-])OP(=O)([O-])[O-])[C@@H](O)[C@H]2O)c(=O)[nH]1.[H-].[H-].[Na+].[Na+].[Na+].[Na+].[Na+]. The number of aromatic nitrogens is 2. The molecule has 20 nitrogen and oxygen atoms in total. The molecule has 3 N–H and O–H groups in total. The van der Waals surface area contributed by atoms with E-state index in [0.717, 1.165) is 12.3 Å². The Morgan fingerprint density at radius 1 is 0.868 bits per heavy atom. The number of ether oxygens (including phenoxy) is 1. The molecule has 1 aliphatic rings. The molecule has 0 saturated carbocycles. The van der Waals surface area contributed by atoms with E-state index in [2.05, 4.69) is 17.5 Å². The van der Waals surface area contributed by atoms with Gasteiger partial charge in [-0.15, -0.1) is 0 Å². The summed E-state index contributed by atoms with van der Waals surface area (Å²) in [5.74, 6) is 0. The number of nitrogens with one attached hydrogen (secondary N) is 1. The van der Waals surface area contributed by atoms with E-state index in [4.69, 9.17) is 4.74 Å². The van der Waals surface area contributed by atoms with Gasteiger partial charge in [0.1, 0.15) is 18.3 Å². The van der Waals surface area contributed by atoms with Gasteiger partial charge in [-0.05, 0) is 0 Å². The Morgan fingerprint density at radius 3 is 1.82 bits per heavy atom. The van der Waals surface area contributed by atoms with E-state index in [-0.39, 0.29) is 151 Å². The first kappa shape index (κ1) is 49.0. The van der Waals surface area contributed by atoms with Crippen molar-refractivity contribution in [2.24, 2.45) is 0 Å². The molecular weight excluding hydrogens is 663 g/mol. The Morgan fingerprint density at radius 2 is 1.34 bits per heavy atom. The third-order valence-electron chi connectivity index (χ3n) is 3.46. The van der Waals surface area contributed by atoms with Crippen molar-refractivity contribution in [1.29, 1.82) is 0 Å². The van der Waals surface area contributed by atoms with Crippen LogP contribution in [0.5, 0.6) is 0 Å². The van der Waals surface area contributed by atoms with Gasteiger partial charge in [0, 0.05) is 12.3 Å². The maximum atomic E-state index is 11.8. The number of nitrogens with zero attached hydrogens (tertiary/aromatic N) is 1. The first-order valence-corrected chi connectivity index (χ1v) is 13.7. The average molecular weight is 676 g/mol. The van der Waals surface area contributed by atoms with E-state index in [1.807, 2.05) is 4.98 Å². The van der Waals surface area contributed by atoms with Gasteiger partial charge in [0.25, 0.3) is 29.0 Å². The van der Waals surface area contributed by atoms with Crippen LogP contribution < -0.4 is 184 Å². The summed E-state index contributed by atoms with van der Waals surface area (Å²) in [6, 6.07) is 0.857. The Labute approximate surface area is 326 Å². The van der Waals surface area contributed by atoms with Crippen LogP contribution in [0.1, 0.15) is 9.08 Å². The summed E-state index contributed by atoms with van der Waals surface area (Å²) >= 11 is 0. The molecule has 1 aromatic rings. The molecule has 1 fully saturated rings. The zero-order valence-electron chi connectivity index (χ0n) is 22.3. The zero-order chi connectivity index (χ0) is 25.4. The minimum atomic E-state index is -6.46. The Bertz CT molecular complexity index is 1200. The van der Waals surface area contributed by atoms with Crippen LogP contribution in [0.2, 0.25) is 0 Å². The van der Waals surface area contributed by atoms with Crippen LogP contribution in [0.4, 0.5) is 0 Å². The number of hydrogen-bond donors (Lipinski definition) is 3. The van der Waals surface area contributed by atoms with Crippen molar-refractivity contribution in [2.45, 2.75) is 24.5 Å². The van der Waals surface area contributed by atoms with Crippen LogP contribution in [-0.2, 0) is 40.5 Å². The van der Waals surface area contributed by atoms with Gasteiger partial charge in [0.2, 0.25) is 0 Å². The van der Waals surface area contributed by atoms with E-state index in [9.17, 15) is 62.5 Å². The number of hydrogen-bond acceptors (Lipinski definition) is 18. The molecule has 2 rings (SSSR count). The predicted octanol–water partition coefficient (Wildman–Crippen LogP) is -20.3. The second-order valence-corrected chi connectivity index (χ2v) is 11.7. The zero-order valence-corrected chi connectivity index (χ0v) is 33.9. The number of aliphatic hydroxyl groups excluding tert-OH is 2. The standard InChI is InChI=1S/C9H16N2O18P4.5Na.2H/c12-5-1-2-11(9(15)10-5)8-7(14)6(13)4(26-8)3-25-31(19,20)28-33(23,24)29-32(21,22)27-30(16,17)18;;;;;;;/h1-2,4,6-8,13-14H,3H2,(H,19,20)(H,21,22)(H,23,24)(H,10,12,15)(H2,16,17,18);;;;;;;/q;5*+1;2*-1/p-5/t4-,6-,7-,8-;;;;;;;/m1......./s1. The molecular formula is C9H13N2Na5O18P4-2. The average Bonchev–Trinajstić information content (AvgIpc) is 2.84. The number of rotatable bonds is 10. The van der Waals surface area contributed by atoms with Crippen molar-refractivity contribution in [1.82, 2.24) is 9.55 Å². The molecule has 0 radical (unpaired) electrons. The monoisotopic (exact) mass is 676 g/mol. The van der Waals surface area contributed by atoms with Crippen molar-refractivity contribution in [3.63, 3.8) is 0 Å². The topological polar surface area (TPSA) is 325 Å². The first-order chi connectivity index (χ1) is 14.8. The second-order valence-electron chi connectivity index (χ2n) is 5.89. The summed E-state index contributed by atoms with van der Waals surface area (Å²) in [4.78, 5) is 79.1. The number of phosphoric acid groups is 4. The number of aliphatic hydroxyl groups is 2. The van der Waals surface area contributed by atoms with Crippen molar-refractivity contribution >= 4 is 31.3 Å². The molecule has 1 saturated heterocycles. The van der Waals surface area contributed by atoms with E-state index < -0.39 is 73.7 Å². The van der Waals surface area contributed by atoms with Gasteiger partial charge in [-0.2, -0.15) is 0 Å². The summed E-state index contributed by atoms with van der Waals surface area (Å²) < 4.78 is 63.3. The molecule has 0 amide bonds. The van der Waals surface area contributed by atoms with E-state index in [1.165, 1.54) is 0 Å². The van der Waals surface area contributed by atoms with Gasteiger partial charge in [0.05, 0.1) is 14.4 Å². The van der Waals surface area contributed by atoms with Crippen molar-refractivity contribution in [3.05, 3.63) is 33.1 Å². The molecule has 38 heavy (non-hydrogen) atoms. The Balaban J connectivity index is -0.000000413. The summed E-state index contributed by atoms with van der Waals surface area (Å²) in [7, 11) is -25.2. The molecule has 0 aromatic carbocycles.